The molecule has 0 unspecified atom stereocenters. The van der Waals surface area contributed by atoms with E-state index in [0.29, 0.717) is 37.6 Å². The van der Waals surface area contributed by atoms with Gasteiger partial charge in [0.1, 0.15) is 20.2 Å². The van der Waals surface area contributed by atoms with Gasteiger partial charge in [-0.1, -0.05) is 146 Å². The maximum Gasteiger partial charge on any atom is 0.125 e. The first-order valence-electron chi connectivity index (χ1n) is 16.6. The van der Waals surface area contributed by atoms with E-state index in [-0.39, 0.29) is 11.1 Å². The minimum absolute atomic E-state index is 0.0613. The van der Waals surface area contributed by atoms with Gasteiger partial charge in [0.2, 0.25) is 0 Å². The van der Waals surface area contributed by atoms with Gasteiger partial charge in [0.15, 0.2) is 0 Å². The van der Waals surface area contributed by atoms with Gasteiger partial charge in [0, 0.05) is 37.6 Å². The van der Waals surface area contributed by atoms with Gasteiger partial charge in [-0.25, -0.2) is 16.8 Å². The molecule has 10 heteroatoms. The molecule has 6 aromatic rings. The lowest BCUT2D eigenvalue weighted by molar-refractivity contribution is 0.460. The SMILES string of the molecule is O=S(=O)([O-])c1cc(N(Cc2ccccc2)Cc2ccccc2)ccc1C=Cc1ccc(N(Cc2ccccc2)Cc2ccccc2)cc1S(=O)(=O)[O-]. The van der Waals surface area contributed by atoms with Crippen LogP contribution in [0.2, 0.25) is 0 Å². The summed E-state index contributed by atoms with van der Waals surface area (Å²) in [6.07, 6.45) is 2.70. The Morgan fingerprint density at radius 1 is 0.404 bits per heavy atom. The molecular weight excluding hydrogens is 693 g/mol. The first-order valence-corrected chi connectivity index (χ1v) is 19.4. The monoisotopic (exact) mass is 728 g/mol. The lowest BCUT2D eigenvalue weighted by atomic mass is 10.1. The first-order chi connectivity index (χ1) is 25.0. The highest BCUT2D eigenvalue weighted by molar-refractivity contribution is 7.86. The van der Waals surface area contributed by atoms with Crippen molar-refractivity contribution >= 4 is 43.8 Å². The topological polar surface area (TPSA) is 121 Å². The number of nitrogens with zero attached hydrogens (tertiary/aromatic N) is 2. The minimum atomic E-state index is -4.97. The fourth-order valence-corrected chi connectivity index (χ4v) is 7.40. The Morgan fingerprint density at radius 3 is 0.923 bits per heavy atom. The van der Waals surface area contributed by atoms with Gasteiger partial charge < -0.3 is 18.9 Å². The largest absolute Gasteiger partial charge is 0.744 e. The van der Waals surface area contributed by atoms with Crippen LogP contribution in [-0.2, 0) is 46.4 Å². The molecule has 0 amide bonds. The van der Waals surface area contributed by atoms with Crippen molar-refractivity contribution in [2.24, 2.45) is 0 Å². The second kappa shape index (κ2) is 16.2. The molecule has 0 aliphatic rings. The van der Waals surface area contributed by atoms with E-state index >= 15 is 0 Å². The number of benzene rings is 6. The lowest BCUT2D eigenvalue weighted by Crippen LogP contribution is -2.22. The summed E-state index contributed by atoms with van der Waals surface area (Å²) < 4.78 is 75.9. The normalized spacial score (nSPS) is 11.8. The smallest absolute Gasteiger partial charge is 0.125 e. The van der Waals surface area contributed by atoms with Crippen LogP contribution in [0.15, 0.2) is 168 Å². The Morgan fingerprint density at radius 2 is 0.673 bits per heavy atom. The molecule has 6 aromatic carbocycles. The van der Waals surface area contributed by atoms with Crippen LogP contribution in [0.3, 0.4) is 0 Å². The predicted molar refractivity (Wildman–Crippen MR) is 203 cm³/mol. The van der Waals surface area contributed by atoms with Crippen molar-refractivity contribution in [3.8, 4) is 0 Å². The zero-order valence-electron chi connectivity index (χ0n) is 28.2. The van der Waals surface area contributed by atoms with E-state index in [1.165, 1.54) is 36.4 Å². The van der Waals surface area contributed by atoms with E-state index in [9.17, 15) is 25.9 Å². The van der Waals surface area contributed by atoms with Gasteiger partial charge in [-0.3, -0.25) is 0 Å². The summed E-state index contributed by atoms with van der Waals surface area (Å²) in [5, 5.41) is 0. The molecule has 0 heterocycles. The standard InChI is InChI=1S/C42H38N2O6S2/c45-51(46,47)41-27-39(43(29-33-13-5-1-6-14-33)30-34-15-7-2-8-16-34)25-23-37(41)21-22-38-24-26-40(28-42(38)52(48,49)50)44(31-35-17-9-3-10-18-35)32-36-19-11-4-12-20-36/h1-28H,29-32H2,(H,45,46,47)(H,48,49,50)/p-2. The van der Waals surface area contributed by atoms with E-state index in [0.717, 1.165) is 22.3 Å². The predicted octanol–water partition coefficient (Wildman–Crippen LogP) is 8.08. The van der Waals surface area contributed by atoms with Crippen molar-refractivity contribution in [1.29, 1.82) is 0 Å². The fourth-order valence-electron chi connectivity index (χ4n) is 6.02. The Labute approximate surface area is 305 Å². The van der Waals surface area contributed by atoms with Gasteiger partial charge in [0.25, 0.3) is 0 Å². The molecule has 0 atom stereocenters. The van der Waals surface area contributed by atoms with Crippen LogP contribution in [0.4, 0.5) is 11.4 Å². The summed E-state index contributed by atoms with van der Waals surface area (Å²) in [6.45, 7) is 1.80. The highest BCUT2D eigenvalue weighted by Gasteiger charge is 2.17. The molecule has 6 rings (SSSR count). The molecule has 52 heavy (non-hydrogen) atoms. The molecule has 0 saturated heterocycles. The van der Waals surface area contributed by atoms with Gasteiger partial charge in [-0.15, -0.1) is 0 Å². The first kappa shape index (κ1) is 36.3. The average molecular weight is 729 g/mol. The Balaban J connectivity index is 1.35. The van der Waals surface area contributed by atoms with Crippen LogP contribution in [-0.4, -0.2) is 25.9 Å². The molecule has 264 valence electrons. The van der Waals surface area contributed by atoms with Crippen molar-refractivity contribution in [2.75, 3.05) is 9.80 Å². The van der Waals surface area contributed by atoms with Crippen molar-refractivity contribution in [2.45, 2.75) is 36.0 Å². The van der Waals surface area contributed by atoms with Crippen molar-refractivity contribution in [1.82, 2.24) is 0 Å². The van der Waals surface area contributed by atoms with E-state index in [2.05, 4.69) is 0 Å². The molecule has 0 fully saturated rings. The van der Waals surface area contributed by atoms with Crippen LogP contribution < -0.4 is 9.80 Å². The van der Waals surface area contributed by atoms with Gasteiger partial charge in [-0.2, -0.15) is 0 Å². The van der Waals surface area contributed by atoms with E-state index in [1.54, 1.807) is 12.1 Å². The fraction of sp³-hybridized carbons (Fsp3) is 0.0952. The van der Waals surface area contributed by atoms with Crippen LogP contribution in [0, 0.1) is 0 Å². The van der Waals surface area contributed by atoms with Crippen LogP contribution in [0.5, 0.6) is 0 Å². The Kier molecular flexibility index (Phi) is 11.3. The van der Waals surface area contributed by atoms with Crippen molar-refractivity contribution < 1.29 is 25.9 Å². The second-order valence-electron chi connectivity index (χ2n) is 12.3. The number of rotatable bonds is 14. The van der Waals surface area contributed by atoms with Gasteiger partial charge in [-0.05, 0) is 57.6 Å². The minimum Gasteiger partial charge on any atom is -0.744 e. The van der Waals surface area contributed by atoms with Gasteiger partial charge in [0.05, 0.1) is 9.79 Å². The molecule has 0 spiro atoms. The Bertz CT molecular complexity index is 2100. The van der Waals surface area contributed by atoms with Gasteiger partial charge >= 0.3 is 0 Å². The Hall–Kier alpha value is -5.52. The van der Waals surface area contributed by atoms with E-state index < -0.39 is 30.0 Å². The average Bonchev–Trinajstić information content (AvgIpc) is 3.14. The maximum absolute atomic E-state index is 12.6. The third-order valence-corrected chi connectivity index (χ3v) is 10.4. The van der Waals surface area contributed by atoms with Crippen molar-refractivity contribution in [3.05, 3.63) is 191 Å². The molecule has 0 bridgehead atoms. The molecule has 0 N–H and O–H groups in total. The summed E-state index contributed by atoms with van der Waals surface area (Å²) >= 11 is 0. The highest BCUT2D eigenvalue weighted by atomic mass is 32.2. The van der Waals surface area contributed by atoms with E-state index in [4.69, 9.17) is 0 Å². The molecular formula is C42H36N2O6S2-2. The molecule has 0 radical (unpaired) electrons. The van der Waals surface area contributed by atoms with Crippen molar-refractivity contribution in [3.63, 3.8) is 0 Å². The second-order valence-corrected chi connectivity index (χ2v) is 15.0. The molecule has 8 nitrogen and oxygen atoms in total. The number of anilines is 2. The lowest BCUT2D eigenvalue weighted by Gasteiger charge is -2.27. The maximum atomic E-state index is 12.6. The zero-order valence-corrected chi connectivity index (χ0v) is 29.8. The quantitative estimate of drug-likeness (QED) is 0.0816. The third-order valence-electron chi connectivity index (χ3n) is 8.57. The highest BCUT2D eigenvalue weighted by Crippen LogP contribution is 2.31. The number of hydrogen-bond donors (Lipinski definition) is 0. The summed E-state index contributed by atoms with van der Waals surface area (Å²) in [6, 6.07) is 47.9. The van der Waals surface area contributed by atoms with E-state index in [1.807, 2.05) is 131 Å². The molecule has 0 aliphatic carbocycles. The summed E-state index contributed by atoms with van der Waals surface area (Å²) in [4.78, 5) is 3.02. The summed E-state index contributed by atoms with van der Waals surface area (Å²) in [5.74, 6) is 0. The van der Waals surface area contributed by atoms with Crippen LogP contribution in [0.25, 0.3) is 12.2 Å². The summed E-state index contributed by atoms with van der Waals surface area (Å²) in [7, 11) is -9.94. The summed E-state index contributed by atoms with van der Waals surface area (Å²) in [5.41, 5.74) is 5.14. The molecule has 0 saturated carbocycles. The molecule has 0 aliphatic heterocycles. The zero-order chi connectivity index (χ0) is 36.6. The third kappa shape index (κ3) is 9.62. The van der Waals surface area contributed by atoms with Crippen LogP contribution >= 0.6 is 0 Å². The van der Waals surface area contributed by atoms with Crippen LogP contribution in [0.1, 0.15) is 33.4 Å². The number of hydrogen-bond acceptors (Lipinski definition) is 8. The molecule has 0 aromatic heterocycles.